The highest BCUT2D eigenvalue weighted by Gasteiger charge is 2.10. The van der Waals surface area contributed by atoms with Gasteiger partial charge in [-0.15, -0.1) is 0 Å². The number of nitrogens with two attached hydrogens (primary N) is 2. The van der Waals surface area contributed by atoms with E-state index in [2.05, 4.69) is 15.3 Å². The third kappa shape index (κ3) is 5.35. The SMILES string of the molecule is Cc1c(Cl)cccc1-c1cc(NCCOc2ccc(S(N)(=O)=O)cc2)nc(N)n1. The van der Waals surface area contributed by atoms with Crippen LogP contribution in [0, 0.1) is 6.92 Å². The first kappa shape index (κ1) is 20.8. The number of benzene rings is 2. The highest BCUT2D eigenvalue weighted by molar-refractivity contribution is 7.89. The minimum atomic E-state index is -3.72. The lowest BCUT2D eigenvalue weighted by molar-refractivity contribution is 0.332. The molecule has 0 saturated heterocycles. The van der Waals surface area contributed by atoms with Gasteiger partial charge in [0.05, 0.1) is 17.1 Å². The van der Waals surface area contributed by atoms with Crippen LogP contribution in [-0.4, -0.2) is 31.5 Å². The topological polar surface area (TPSA) is 133 Å². The van der Waals surface area contributed by atoms with Gasteiger partial charge in [0.25, 0.3) is 0 Å². The molecule has 0 aliphatic rings. The molecule has 0 unspecified atom stereocenters. The van der Waals surface area contributed by atoms with Crippen molar-refractivity contribution in [3.63, 3.8) is 0 Å². The van der Waals surface area contributed by atoms with Crippen molar-refractivity contribution in [2.45, 2.75) is 11.8 Å². The lowest BCUT2D eigenvalue weighted by atomic mass is 10.1. The predicted octanol–water partition coefficient (Wildman–Crippen LogP) is 2.83. The second-order valence-electron chi connectivity index (χ2n) is 6.20. The molecule has 3 aromatic rings. The maximum absolute atomic E-state index is 11.3. The van der Waals surface area contributed by atoms with Crippen LogP contribution in [0.2, 0.25) is 5.02 Å². The van der Waals surface area contributed by atoms with Crippen molar-refractivity contribution in [1.29, 1.82) is 0 Å². The fourth-order valence-electron chi connectivity index (χ4n) is 2.65. The summed E-state index contributed by atoms with van der Waals surface area (Å²) in [5, 5.41) is 8.85. The van der Waals surface area contributed by atoms with E-state index >= 15 is 0 Å². The average molecular weight is 434 g/mol. The van der Waals surface area contributed by atoms with Crippen LogP contribution >= 0.6 is 11.6 Å². The fraction of sp³-hybridized carbons (Fsp3) is 0.158. The van der Waals surface area contributed by atoms with Crippen molar-refractivity contribution in [3.05, 3.63) is 59.1 Å². The van der Waals surface area contributed by atoms with E-state index in [4.69, 9.17) is 27.2 Å². The molecule has 1 heterocycles. The lowest BCUT2D eigenvalue weighted by Gasteiger charge is -2.11. The highest BCUT2D eigenvalue weighted by Crippen LogP contribution is 2.28. The van der Waals surface area contributed by atoms with E-state index in [1.165, 1.54) is 12.1 Å². The Bertz CT molecular complexity index is 1120. The number of hydrogen-bond donors (Lipinski definition) is 3. The average Bonchev–Trinajstić information content (AvgIpc) is 2.66. The minimum absolute atomic E-state index is 0.0308. The maximum atomic E-state index is 11.3. The Labute approximate surface area is 173 Å². The van der Waals surface area contributed by atoms with Gasteiger partial charge < -0.3 is 15.8 Å². The molecule has 29 heavy (non-hydrogen) atoms. The maximum Gasteiger partial charge on any atom is 0.238 e. The number of primary sulfonamides is 1. The van der Waals surface area contributed by atoms with Crippen LogP contribution in [0.4, 0.5) is 11.8 Å². The molecule has 0 aliphatic carbocycles. The smallest absolute Gasteiger partial charge is 0.238 e. The van der Waals surface area contributed by atoms with Crippen LogP contribution in [0.3, 0.4) is 0 Å². The Morgan fingerprint density at radius 1 is 1.14 bits per heavy atom. The molecule has 0 radical (unpaired) electrons. The number of anilines is 2. The van der Waals surface area contributed by atoms with Gasteiger partial charge in [0, 0.05) is 16.7 Å². The van der Waals surface area contributed by atoms with Crippen LogP contribution in [0.15, 0.2) is 53.4 Å². The summed E-state index contributed by atoms with van der Waals surface area (Å²) < 4.78 is 28.1. The highest BCUT2D eigenvalue weighted by atomic mass is 35.5. The van der Waals surface area contributed by atoms with Crippen molar-refractivity contribution in [2.24, 2.45) is 5.14 Å². The number of rotatable bonds is 7. The first-order valence-corrected chi connectivity index (χ1v) is 10.6. The fourth-order valence-corrected chi connectivity index (χ4v) is 3.34. The van der Waals surface area contributed by atoms with Crippen molar-refractivity contribution >= 4 is 33.4 Å². The van der Waals surface area contributed by atoms with Crippen molar-refractivity contribution in [3.8, 4) is 17.0 Å². The van der Waals surface area contributed by atoms with Gasteiger partial charge >= 0.3 is 0 Å². The monoisotopic (exact) mass is 433 g/mol. The summed E-state index contributed by atoms with van der Waals surface area (Å²) in [7, 11) is -3.72. The van der Waals surface area contributed by atoms with E-state index in [1.54, 1.807) is 18.2 Å². The van der Waals surface area contributed by atoms with Gasteiger partial charge in [-0.2, -0.15) is 4.98 Å². The van der Waals surface area contributed by atoms with Gasteiger partial charge in [0.2, 0.25) is 16.0 Å². The molecule has 0 spiro atoms. The molecule has 8 nitrogen and oxygen atoms in total. The number of nitrogen functional groups attached to an aromatic ring is 1. The number of halogens is 1. The zero-order chi connectivity index (χ0) is 21.0. The number of nitrogens with zero attached hydrogens (tertiary/aromatic N) is 2. The van der Waals surface area contributed by atoms with E-state index in [-0.39, 0.29) is 10.8 Å². The zero-order valence-corrected chi connectivity index (χ0v) is 17.2. The predicted molar refractivity (Wildman–Crippen MR) is 113 cm³/mol. The molecule has 0 amide bonds. The first-order valence-electron chi connectivity index (χ1n) is 8.63. The number of aromatic nitrogens is 2. The molecular formula is C19H20ClN5O3S. The molecule has 0 atom stereocenters. The van der Waals surface area contributed by atoms with Crippen LogP contribution < -0.4 is 20.9 Å². The van der Waals surface area contributed by atoms with Gasteiger partial charge in [-0.3, -0.25) is 0 Å². The van der Waals surface area contributed by atoms with Crippen LogP contribution in [-0.2, 0) is 10.0 Å². The van der Waals surface area contributed by atoms with Crippen LogP contribution in [0.25, 0.3) is 11.3 Å². The van der Waals surface area contributed by atoms with Crippen molar-refractivity contribution < 1.29 is 13.2 Å². The second-order valence-corrected chi connectivity index (χ2v) is 8.17. The molecule has 10 heteroatoms. The van der Waals surface area contributed by atoms with Crippen LogP contribution in [0.5, 0.6) is 5.75 Å². The Balaban J connectivity index is 1.63. The van der Waals surface area contributed by atoms with E-state index < -0.39 is 10.0 Å². The summed E-state index contributed by atoms with van der Waals surface area (Å²) >= 11 is 6.19. The van der Waals surface area contributed by atoms with Crippen molar-refractivity contribution in [2.75, 3.05) is 24.2 Å². The van der Waals surface area contributed by atoms with E-state index in [0.717, 1.165) is 11.1 Å². The molecule has 3 rings (SSSR count). The van der Waals surface area contributed by atoms with E-state index in [0.29, 0.717) is 35.4 Å². The van der Waals surface area contributed by atoms with Gasteiger partial charge in [-0.1, -0.05) is 23.7 Å². The standard InChI is InChI=1S/C19H20ClN5O3S/c1-12-15(3-2-4-16(12)20)17-11-18(25-19(21)24-17)23-9-10-28-13-5-7-14(8-6-13)29(22,26)27/h2-8,11H,9-10H2,1H3,(H2,22,26,27)(H3,21,23,24,25). The number of nitrogens with one attached hydrogen (secondary N) is 1. The third-order valence-corrected chi connectivity index (χ3v) is 5.45. The number of ether oxygens (including phenoxy) is 1. The van der Waals surface area contributed by atoms with Crippen LogP contribution in [0.1, 0.15) is 5.56 Å². The first-order chi connectivity index (χ1) is 13.7. The Morgan fingerprint density at radius 2 is 1.86 bits per heavy atom. The van der Waals surface area contributed by atoms with Gasteiger partial charge in [0.1, 0.15) is 18.2 Å². The molecule has 0 aliphatic heterocycles. The zero-order valence-electron chi connectivity index (χ0n) is 15.6. The Morgan fingerprint density at radius 3 is 2.55 bits per heavy atom. The molecular weight excluding hydrogens is 414 g/mol. The van der Waals surface area contributed by atoms with Gasteiger partial charge in [-0.05, 0) is 42.8 Å². The van der Waals surface area contributed by atoms with Crippen molar-refractivity contribution in [1.82, 2.24) is 9.97 Å². The third-order valence-electron chi connectivity index (χ3n) is 4.12. The normalized spacial score (nSPS) is 11.3. The molecule has 0 fully saturated rings. The summed E-state index contributed by atoms with van der Waals surface area (Å²) in [6.45, 7) is 2.68. The minimum Gasteiger partial charge on any atom is -0.492 e. The summed E-state index contributed by atoms with van der Waals surface area (Å²) in [4.78, 5) is 8.50. The molecule has 5 N–H and O–H groups in total. The molecule has 152 valence electrons. The van der Waals surface area contributed by atoms with Gasteiger partial charge in [-0.25, -0.2) is 18.5 Å². The number of hydrogen-bond acceptors (Lipinski definition) is 7. The molecule has 0 bridgehead atoms. The molecule has 0 saturated carbocycles. The Hall–Kier alpha value is -2.88. The van der Waals surface area contributed by atoms with E-state index in [1.807, 2.05) is 25.1 Å². The quantitative estimate of drug-likeness (QED) is 0.488. The molecule has 2 aromatic carbocycles. The summed E-state index contributed by atoms with van der Waals surface area (Å²) in [5.41, 5.74) is 8.29. The lowest BCUT2D eigenvalue weighted by Crippen LogP contribution is -2.14. The molecule has 1 aromatic heterocycles. The summed E-state index contributed by atoms with van der Waals surface area (Å²) in [6.07, 6.45) is 0. The summed E-state index contributed by atoms with van der Waals surface area (Å²) in [5.74, 6) is 1.22. The van der Waals surface area contributed by atoms with Gasteiger partial charge in [0.15, 0.2) is 0 Å². The Kier molecular flexibility index (Phi) is 6.21. The largest absolute Gasteiger partial charge is 0.492 e. The van der Waals surface area contributed by atoms with E-state index in [9.17, 15) is 8.42 Å². The summed E-state index contributed by atoms with van der Waals surface area (Å²) in [6, 6.07) is 13.2. The number of sulfonamides is 1. The second kappa shape index (κ2) is 8.64.